The third-order valence-corrected chi connectivity index (χ3v) is 7.57. The quantitative estimate of drug-likeness (QED) is 0.264. The summed E-state index contributed by atoms with van der Waals surface area (Å²) < 4.78 is 11.2. The van der Waals surface area contributed by atoms with Gasteiger partial charge in [0.05, 0.1) is 18.6 Å². The molecule has 1 heterocycles. The van der Waals surface area contributed by atoms with Crippen molar-refractivity contribution in [3.05, 3.63) is 92.3 Å². The molecule has 7 nitrogen and oxygen atoms in total. The summed E-state index contributed by atoms with van der Waals surface area (Å²) in [4.78, 5) is 39.5. The minimum Gasteiger partial charge on any atom is -0.493 e. The number of amides is 3. The number of imide groups is 1. The van der Waals surface area contributed by atoms with Crippen LogP contribution in [0.3, 0.4) is 0 Å². The Bertz CT molecular complexity index is 1440. The molecule has 0 spiro atoms. The number of nitrogens with one attached hydrogen (secondary N) is 1. The van der Waals surface area contributed by atoms with Gasteiger partial charge in [-0.1, -0.05) is 67.4 Å². The molecule has 1 N–H and O–H groups in total. The van der Waals surface area contributed by atoms with Crippen LogP contribution in [0.15, 0.2) is 65.6 Å². The number of carbonyl (C=O) groups excluding carboxylic acids is 3. The first-order valence-corrected chi connectivity index (χ1v) is 13.6. The summed E-state index contributed by atoms with van der Waals surface area (Å²) in [6.45, 7) is 3.87. The van der Waals surface area contributed by atoms with E-state index in [4.69, 9.17) is 32.7 Å². The van der Waals surface area contributed by atoms with Gasteiger partial charge in [-0.15, -0.1) is 0 Å². The molecule has 3 aromatic rings. The zero-order valence-corrected chi connectivity index (χ0v) is 23.8. The second-order valence-electron chi connectivity index (χ2n) is 8.96. The van der Waals surface area contributed by atoms with Gasteiger partial charge < -0.3 is 14.8 Å². The minimum absolute atomic E-state index is 0.0275. The predicted octanol–water partition coefficient (Wildman–Crippen LogP) is 7.38. The van der Waals surface area contributed by atoms with Gasteiger partial charge in [0.1, 0.15) is 0 Å². The first kappa shape index (κ1) is 28.5. The van der Waals surface area contributed by atoms with Crippen LogP contribution in [0.5, 0.6) is 11.5 Å². The molecule has 0 aromatic heterocycles. The van der Waals surface area contributed by atoms with Crippen LogP contribution in [0.1, 0.15) is 36.5 Å². The summed E-state index contributed by atoms with van der Waals surface area (Å²) >= 11 is 13.3. The van der Waals surface area contributed by atoms with Gasteiger partial charge in [-0.2, -0.15) is 0 Å². The lowest BCUT2D eigenvalue weighted by Gasteiger charge is -2.15. The smallest absolute Gasteiger partial charge is 0.293 e. The Morgan fingerprint density at radius 3 is 2.44 bits per heavy atom. The minimum atomic E-state index is -0.446. The SMILES string of the molecule is COc1cc(/C=C2\SC(=O)N(Cc3c(Cl)cccc3Cl)C2=O)ccc1OCC(=O)Nc1ccccc1C(C)C. The molecule has 1 saturated heterocycles. The van der Waals surface area contributed by atoms with Gasteiger partial charge >= 0.3 is 0 Å². The largest absolute Gasteiger partial charge is 0.493 e. The van der Waals surface area contributed by atoms with Crippen molar-refractivity contribution in [2.45, 2.75) is 26.3 Å². The molecule has 0 bridgehead atoms. The first-order valence-electron chi connectivity index (χ1n) is 12.1. The number of hydrogen-bond donors (Lipinski definition) is 1. The Morgan fingerprint density at radius 1 is 1.03 bits per heavy atom. The second-order valence-corrected chi connectivity index (χ2v) is 10.8. The van der Waals surface area contributed by atoms with Gasteiger partial charge in [0.25, 0.3) is 17.1 Å². The van der Waals surface area contributed by atoms with E-state index in [2.05, 4.69) is 19.2 Å². The summed E-state index contributed by atoms with van der Waals surface area (Å²) in [5, 5.41) is 3.23. The number of ether oxygens (including phenoxy) is 2. The molecule has 10 heteroatoms. The van der Waals surface area contributed by atoms with Crippen LogP contribution in [0, 0.1) is 0 Å². The van der Waals surface area contributed by atoms with Crippen molar-refractivity contribution in [3.8, 4) is 11.5 Å². The molecule has 1 aliphatic rings. The average molecular weight is 586 g/mol. The summed E-state index contributed by atoms with van der Waals surface area (Å²) in [7, 11) is 1.48. The second kappa shape index (κ2) is 12.6. The van der Waals surface area contributed by atoms with Gasteiger partial charge in [-0.05, 0) is 65.2 Å². The zero-order valence-electron chi connectivity index (χ0n) is 21.5. The zero-order chi connectivity index (χ0) is 28.1. The molecule has 0 atom stereocenters. The van der Waals surface area contributed by atoms with Gasteiger partial charge in [0.2, 0.25) is 0 Å². The number of hydrogen-bond acceptors (Lipinski definition) is 6. The van der Waals surface area contributed by atoms with E-state index in [-0.39, 0.29) is 29.9 Å². The summed E-state index contributed by atoms with van der Waals surface area (Å²) in [6.07, 6.45) is 1.60. The molecule has 3 amide bonds. The molecular formula is C29H26Cl2N2O5S. The van der Waals surface area contributed by atoms with E-state index in [0.717, 1.165) is 27.9 Å². The molecule has 39 heavy (non-hydrogen) atoms. The lowest BCUT2D eigenvalue weighted by Crippen LogP contribution is -2.27. The van der Waals surface area contributed by atoms with Gasteiger partial charge in [0, 0.05) is 21.3 Å². The fraction of sp³-hybridized carbons (Fsp3) is 0.207. The predicted molar refractivity (Wildman–Crippen MR) is 156 cm³/mol. The highest BCUT2D eigenvalue weighted by Crippen LogP contribution is 2.37. The fourth-order valence-electron chi connectivity index (χ4n) is 3.97. The van der Waals surface area contributed by atoms with E-state index < -0.39 is 11.1 Å². The van der Waals surface area contributed by atoms with Crippen LogP contribution in [0.4, 0.5) is 10.5 Å². The normalized spacial score (nSPS) is 14.3. The molecule has 3 aromatic carbocycles. The van der Waals surface area contributed by atoms with Crippen LogP contribution >= 0.6 is 35.0 Å². The van der Waals surface area contributed by atoms with Crippen molar-refractivity contribution in [3.63, 3.8) is 0 Å². The topological polar surface area (TPSA) is 84.9 Å². The van der Waals surface area contributed by atoms with Crippen LogP contribution in [-0.4, -0.2) is 35.7 Å². The number of methoxy groups -OCH3 is 1. The standard InChI is InChI=1S/C29H26Cl2N2O5S/c1-17(2)19-7-4-5-10-23(19)32-27(34)16-38-24-12-11-18(13-25(24)37-3)14-26-28(35)33(29(36)39-26)15-20-21(30)8-6-9-22(20)31/h4-14,17H,15-16H2,1-3H3,(H,32,34)/b26-14-. The number of anilines is 1. The highest BCUT2D eigenvalue weighted by molar-refractivity contribution is 8.18. The molecule has 4 rings (SSSR count). The third-order valence-electron chi connectivity index (χ3n) is 5.95. The number of benzene rings is 3. The third kappa shape index (κ3) is 6.76. The molecule has 202 valence electrons. The lowest BCUT2D eigenvalue weighted by atomic mass is 10.0. The lowest BCUT2D eigenvalue weighted by molar-refractivity contribution is -0.123. The number of thioether (sulfide) groups is 1. The maximum absolute atomic E-state index is 13.0. The molecule has 1 aliphatic heterocycles. The van der Waals surface area contributed by atoms with Crippen LogP contribution in [-0.2, 0) is 16.1 Å². The van der Waals surface area contributed by atoms with Gasteiger partial charge in [0.15, 0.2) is 18.1 Å². The maximum Gasteiger partial charge on any atom is 0.293 e. The van der Waals surface area contributed by atoms with E-state index in [1.807, 2.05) is 24.3 Å². The highest BCUT2D eigenvalue weighted by atomic mass is 35.5. The molecule has 0 radical (unpaired) electrons. The van der Waals surface area contributed by atoms with Crippen molar-refractivity contribution in [2.75, 3.05) is 19.0 Å². The first-order chi connectivity index (χ1) is 18.7. The maximum atomic E-state index is 13.0. The summed E-state index contributed by atoms with van der Waals surface area (Å²) in [5.41, 5.74) is 2.90. The Labute approximate surface area is 241 Å². The molecular weight excluding hydrogens is 559 g/mol. The van der Waals surface area contributed by atoms with E-state index in [1.54, 1.807) is 42.5 Å². The molecule has 0 saturated carbocycles. The Balaban J connectivity index is 1.44. The van der Waals surface area contributed by atoms with Crippen molar-refractivity contribution in [1.82, 2.24) is 4.90 Å². The van der Waals surface area contributed by atoms with E-state index in [0.29, 0.717) is 32.7 Å². The average Bonchev–Trinajstić information content (AvgIpc) is 3.17. The van der Waals surface area contributed by atoms with E-state index in [9.17, 15) is 14.4 Å². The van der Waals surface area contributed by atoms with Crippen molar-refractivity contribution in [2.24, 2.45) is 0 Å². The highest BCUT2D eigenvalue weighted by Gasteiger charge is 2.35. The Kier molecular flexibility index (Phi) is 9.22. The summed E-state index contributed by atoms with van der Waals surface area (Å²) in [5.74, 6) is 0.246. The van der Waals surface area contributed by atoms with Crippen molar-refractivity contribution < 1.29 is 23.9 Å². The van der Waals surface area contributed by atoms with Crippen LogP contribution < -0.4 is 14.8 Å². The number of rotatable bonds is 9. The number of para-hydroxylation sites is 1. The van der Waals surface area contributed by atoms with Gasteiger partial charge in [-0.3, -0.25) is 19.3 Å². The number of nitrogens with zero attached hydrogens (tertiary/aromatic N) is 1. The van der Waals surface area contributed by atoms with E-state index >= 15 is 0 Å². The molecule has 0 unspecified atom stereocenters. The molecule has 0 aliphatic carbocycles. The monoisotopic (exact) mass is 584 g/mol. The van der Waals surface area contributed by atoms with Crippen LogP contribution in [0.25, 0.3) is 6.08 Å². The number of halogens is 2. The van der Waals surface area contributed by atoms with Gasteiger partial charge in [-0.25, -0.2) is 0 Å². The Hall–Kier alpha value is -3.46. The summed E-state index contributed by atoms with van der Waals surface area (Å²) in [6, 6.07) is 17.7. The fourth-order valence-corrected chi connectivity index (χ4v) is 5.32. The van der Waals surface area contributed by atoms with E-state index in [1.165, 1.54) is 7.11 Å². The van der Waals surface area contributed by atoms with Crippen LogP contribution in [0.2, 0.25) is 10.0 Å². The Morgan fingerprint density at radius 2 is 1.74 bits per heavy atom. The number of carbonyl (C=O) groups is 3. The van der Waals surface area contributed by atoms with Crippen molar-refractivity contribution >= 4 is 63.8 Å². The molecule has 1 fully saturated rings. The van der Waals surface area contributed by atoms with Crippen molar-refractivity contribution in [1.29, 1.82) is 0 Å².